The maximum atomic E-state index is 11.6. The van der Waals surface area contributed by atoms with Gasteiger partial charge in [0.25, 0.3) is 0 Å². The van der Waals surface area contributed by atoms with Crippen LogP contribution in [0.4, 0.5) is 0 Å². The Morgan fingerprint density at radius 3 is 2.71 bits per heavy atom. The Labute approximate surface area is 101 Å². The molecule has 0 unspecified atom stereocenters. The lowest BCUT2D eigenvalue weighted by atomic mass is 10.3. The normalized spacial score (nSPS) is 10.9. The maximum Gasteiger partial charge on any atom is 0.192 e. The van der Waals surface area contributed by atoms with E-state index in [-0.39, 0.29) is 5.43 Å². The largest absolute Gasteiger partial charge is 0.346 e. The van der Waals surface area contributed by atoms with Gasteiger partial charge in [-0.15, -0.1) is 0 Å². The third-order valence-electron chi connectivity index (χ3n) is 2.56. The molecule has 0 radical (unpaired) electrons. The predicted molar refractivity (Wildman–Crippen MR) is 66.7 cm³/mol. The number of nitrogens with one attached hydrogen (secondary N) is 1. The summed E-state index contributed by atoms with van der Waals surface area (Å²) in [6.07, 6.45) is 3.17. The molecule has 0 fully saturated rings. The van der Waals surface area contributed by atoms with E-state index in [1.54, 1.807) is 29.2 Å². The minimum Gasteiger partial charge on any atom is -0.346 e. The van der Waals surface area contributed by atoms with Crippen molar-refractivity contribution in [3.05, 3.63) is 58.0 Å². The summed E-state index contributed by atoms with van der Waals surface area (Å²) < 4.78 is 1.67. The summed E-state index contributed by atoms with van der Waals surface area (Å²) in [5.41, 5.74) is 1.49. The average molecular weight is 246 g/mol. The molecule has 0 spiro atoms. The van der Waals surface area contributed by atoms with Crippen LogP contribution in [0.1, 0.15) is 0 Å². The number of benzene rings is 1. The first-order chi connectivity index (χ1) is 8.25. The van der Waals surface area contributed by atoms with Crippen LogP contribution in [0.5, 0.6) is 0 Å². The van der Waals surface area contributed by atoms with Crippen LogP contribution in [0, 0.1) is 0 Å². The van der Waals surface area contributed by atoms with Gasteiger partial charge in [-0.3, -0.25) is 4.79 Å². The van der Waals surface area contributed by atoms with Crippen LogP contribution in [0.15, 0.2) is 47.5 Å². The number of pyridine rings is 1. The van der Waals surface area contributed by atoms with Gasteiger partial charge in [0.15, 0.2) is 5.43 Å². The van der Waals surface area contributed by atoms with Crippen molar-refractivity contribution in [3.63, 3.8) is 0 Å². The van der Waals surface area contributed by atoms with E-state index < -0.39 is 0 Å². The van der Waals surface area contributed by atoms with Gasteiger partial charge in [-0.25, -0.2) is 4.68 Å². The number of aromatic amines is 1. The second kappa shape index (κ2) is 3.75. The molecule has 2 aromatic heterocycles. The van der Waals surface area contributed by atoms with Gasteiger partial charge in [0.05, 0.1) is 17.3 Å². The standard InChI is InChI=1S/C12H8ClN3O/c13-8-1-3-9(4-2-8)16-12-10(7-15-16)11(17)5-6-14-12/h1-7H,(H,14,17). The molecule has 0 saturated heterocycles. The Balaban J connectivity index is 2.28. The number of fused-ring (bicyclic) bond motifs is 1. The monoisotopic (exact) mass is 245 g/mol. The van der Waals surface area contributed by atoms with Gasteiger partial charge in [0.2, 0.25) is 0 Å². The van der Waals surface area contributed by atoms with E-state index in [0.717, 1.165) is 5.69 Å². The first-order valence-electron chi connectivity index (χ1n) is 5.07. The quantitative estimate of drug-likeness (QED) is 0.716. The van der Waals surface area contributed by atoms with E-state index in [1.165, 1.54) is 6.07 Å². The molecular formula is C12H8ClN3O. The molecule has 1 N–H and O–H groups in total. The van der Waals surface area contributed by atoms with Crippen molar-refractivity contribution in [2.45, 2.75) is 0 Å². The van der Waals surface area contributed by atoms with Gasteiger partial charge in [-0.1, -0.05) is 11.6 Å². The van der Waals surface area contributed by atoms with E-state index >= 15 is 0 Å². The summed E-state index contributed by atoms with van der Waals surface area (Å²) in [7, 11) is 0. The minimum atomic E-state index is -0.0426. The lowest BCUT2D eigenvalue weighted by Crippen LogP contribution is -2.01. The highest BCUT2D eigenvalue weighted by atomic mass is 35.5. The summed E-state index contributed by atoms with van der Waals surface area (Å²) in [6, 6.07) is 8.74. The van der Waals surface area contributed by atoms with E-state index in [9.17, 15) is 4.79 Å². The summed E-state index contributed by atoms with van der Waals surface area (Å²) in [6.45, 7) is 0. The van der Waals surface area contributed by atoms with E-state index in [0.29, 0.717) is 16.1 Å². The molecule has 0 aliphatic rings. The zero-order valence-corrected chi connectivity index (χ0v) is 9.48. The second-order valence-corrected chi connectivity index (χ2v) is 4.07. The fourth-order valence-corrected chi connectivity index (χ4v) is 1.86. The van der Waals surface area contributed by atoms with Crippen LogP contribution in [-0.4, -0.2) is 14.8 Å². The molecule has 3 rings (SSSR count). The molecule has 5 heteroatoms. The van der Waals surface area contributed by atoms with Crippen LogP contribution in [0.2, 0.25) is 5.02 Å². The minimum absolute atomic E-state index is 0.0426. The number of rotatable bonds is 1. The fourth-order valence-electron chi connectivity index (χ4n) is 1.73. The fraction of sp³-hybridized carbons (Fsp3) is 0. The Bertz CT molecular complexity index is 727. The van der Waals surface area contributed by atoms with Gasteiger partial charge in [0.1, 0.15) is 5.65 Å². The third kappa shape index (κ3) is 1.62. The lowest BCUT2D eigenvalue weighted by molar-refractivity contribution is 0.897. The number of H-pyrrole nitrogens is 1. The molecule has 2 heterocycles. The van der Waals surface area contributed by atoms with Crippen molar-refractivity contribution in [2.75, 3.05) is 0 Å². The van der Waals surface area contributed by atoms with Gasteiger partial charge in [0, 0.05) is 17.3 Å². The SMILES string of the molecule is O=c1cc[nH]c2c1cnn2-c1ccc(Cl)cc1. The van der Waals surface area contributed by atoms with Crippen LogP contribution in [0.25, 0.3) is 16.7 Å². The highest BCUT2D eigenvalue weighted by molar-refractivity contribution is 6.30. The van der Waals surface area contributed by atoms with Gasteiger partial charge < -0.3 is 4.98 Å². The number of nitrogens with zero attached hydrogens (tertiary/aromatic N) is 2. The maximum absolute atomic E-state index is 11.6. The average Bonchev–Trinajstić information content (AvgIpc) is 2.75. The van der Waals surface area contributed by atoms with Gasteiger partial charge >= 0.3 is 0 Å². The van der Waals surface area contributed by atoms with Crippen molar-refractivity contribution in [3.8, 4) is 5.69 Å². The van der Waals surface area contributed by atoms with E-state index in [4.69, 9.17) is 11.6 Å². The molecule has 0 atom stereocenters. The molecule has 0 saturated carbocycles. The summed E-state index contributed by atoms with van der Waals surface area (Å²) >= 11 is 5.83. The van der Waals surface area contributed by atoms with Crippen LogP contribution in [-0.2, 0) is 0 Å². The van der Waals surface area contributed by atoms with Crippen LogP contribution in [0.3, 0.4) is 0 Å². The number of aromatic nitrogens is 3. The van der Waals surface area contributed by atoms with Gasteiger partial charge in [-0.2, -0.15) is 5.10 Å². The smallest absolute Gasteiger partial charge is 0.192 e. The molecule has 4 nitrogen and oxygen atoms in total. The zero-order valence-electron chi connectivity index (χ0n) is 8.72. The molecule has 17 heavy (non-hydrogen) atoms. The summed E-state index contributed by atoms with van der Waals surface area (Å²) in [5, 5.41) is 5.44. The Hall–Kier alpha value is -2.07. The van der Waals surface area contributed by atoms with Crippen molar-refractivity contribution in [1.29, 1.82) is 0 Å². The van der Waals surface area contributed by atoms with Crippen LogP contribution < -0.4 is 5.43 Å². The molecule has 0 amide bonds. The molecule has 84 valence electrons. The van der Waals surface area contributed by atoms with E-state index in [2.05, 4.69) is 10.1 Å². The molecule has 0 bridgehead atoms. The van der Waals surface area contributed by atoms with Crippen LogP contribution >= 0.6 is 11.6 Å². The van der Waals surface area contributed by atoms with Crippen molar-refractivity contribution >= 4 is 22.6 Å². The number of halogens is 1. The summed E-state index contributed by atoms with van der Waals surface area (Å²) in [4.78, 5) is 14.6. The Morgan fingerprint density at radius 1 is 1.18 bits per heavy atom. The van der Waals surface area contributed by atoms with Crippen molar-refractivity contribution in [2.24, 2.45) is 0 Å². The first kappa shape index (κ1) is 10.1. The zero-order chi connectivity index (χ0) is 11.8. The molecule has 1 aromatic carbocycles. The topological polar surface area (TPSA) is 50.7 Å². The number of hydrogen-bond acceptors (Lipinski definition) is 2. The molecule has 0 aliphatic heterocycles. The second-order valence-electron chi connectivity index (χ2n) is 3.64. The predicted octanol–water partition coefficient (Wildman–Crippen LogP) is 2.37. The Kier molecular flexibility index (Phi) is 2.23. The van der Waals surface area contributed by atoms with Crippen molar-refractivity contribution < 1.29 is 0 Å². The highest BCUT2D eigenvalue weighted by Gasteiger charge is 2.06. The highest BCUT2D eigenvalue weighted by Crippen LogP contribution is 2.16. The first-order valence-corrected chi connectivity index (χ1v) is 5.45. The van der Waals surface area contributed by atoms with Gasteiger partial charge in [-0.05, 0) is 24.3 Å². The molecule has 0 aliphatic carbocycles. The Morgan fingerprint density at radius 2 is 1.94 bits per heavy atom. The van der Waals surface area contributed by atoms with Crippen molar-refractivity contribution in [1.82, 2.24) is 14.8 Å². The summed E-state index contributed by atoms with van der Waals surface area (Å²) in [5.74, 6) is 0. The third-order valence-corrected chi connectivity index (χ3v) is 2.81. The molecule has 3 aromatic rings. The number of hydrogen-bond donors (Lipinski definition) is 1. The van der Waals surface area contributed by atoms with E-state index in [1.807, 2.05) is 12.1 Å². The molecular weight excluding hydrogens is 238 g/mol. The lowest BCUT2D eigenvalue weighted by Gasteiger charge is -2.02.